The molecule has 1 N–H and O–H groups in total. The summed E-state index contributed by atoms with van der Waals surface area (Å²) in [4.78, 5) is 64.0. The third-order valence-corrected chi connectivity index (χ3v) is 12.6. The van der Waals surface area contributed by atoms with Crippen LogP contribution in [0.5, 0.6) is 0 Å². The molecule has 3 aromatic rings. The Labute approximate surface area is 304 Å². The summed E-state index contributed by atoms with van der Waals surface area (Å²) in [6, 6.07) is 13.4. The van der Waals surface area contributed by atoms with E-state index in [4.69, 9.17) is 9.15 Å². The molecular formula is C39H51N7O6. The number of para-hydroxylation sites is 1. The van der Waals surface area contributed by atoms with Crippen LogP contribution in [-0.4, -0.2) is 130 Å². The first kappa shape index (κ1) is 34.7. The minimum atomic E-state index is -1.03. The van der Waals surface area contributed by atoms with Crippen molar-refractivity contribution in [2.24, 2.45) is 7.05 Å². The van der Waals surface area contributed by atoms with Gasteiger partial charge >= 0.3 is 17.9 Å². The van der Waals surface area contributed by atoms with Gasteiger partial charge in [-0.05, 0) is 87.7 Å². The minimum absolute atomic E-state index is 0.00192. The van der Waals surface area contributed by atoms with Crippen LogP contribution in [0, 0.1) is 6.92 Å². The third kappa shape index (κ3) is 6.68. The quantitative estimate of drug-likeness (QED) is 0.410. The van der Waals surface area contributed by atoms with Crippen molar-refractivity contribution < 1.29 is 23.5 Å². The second kappa shape index (κ2) is 14.2. The van der Waals surface area contributed by atoms with Crippen LogP contribution >= 0.6 is 0 Å². The van der Waals surface area contributed by atoms with Crippen molar-refractivity contribution in [1.82, 2.24) is 29.1 Å². The number of carbonyl (C=O) groups excluding carboxylic acids is 3. The number of nitrogens with one attached hydrogen (secondary N) is 1. The number of fused-ring (bicyclic) bond motifs is 4. The molecule has 13 heteroatoms. The molecule has 0 spiro atoms. The second-order valence-corrected chi connectivity index (χ2v) is 15.5. The first-order chi connectivity index (χ1) is 25.1. The molecule has 52 heavy (non-hydrogen) atoms. The van der Waals surface area contributed by atoms with Crippen LogP contribution < -0.4 is 11.1 Å². The number of hydrogen-bond donors (Lipinski definition) is 1. The Morgan fingerprint density at radius 2 is 1.58 bits per heavy atom. The molecule has 4 fully saturated rings. The summed E-state index contributed by atoms with van der Waals surface area (Å²) in [5.41, 5.74) is 4.74. The molecule has 1 aromatic heterocycles. The smallest absolute Gasteiger partial charge is 0.419 e. The molecule has 0 radical (unpaired) electrons. The Bertz CT molecular complexity index is 1880. The van der Waals surface area contributed by atoms with Crippen molar-refractivity contribution >= 4 is 34.8 Å². The highest BCUT2D eigenvalue weighted by molar-refractivity contribution is 5.91. The molecule has 0 aliphatic carbocycles. The highest BCUT2D eigenvalue weighted by Gasteiger charge is 2.42. The Morgan fingerprint density at radius 3 is 2.31 bits per heavy atom. The van der Waals surface area contributed by atoms with Gasteiger partial charge in [0, 0.05) is 89.1 Å². The van der Waals surface area contributed by atoms with E-state index in [-0.39, 0.29) is 24.4 Å². The van der Waals surface area contributed by atoms with E-state index in [1.54, 1.807) is 18.0 Å². The lowest BCUT2D eigenvalue weighted by Crippen LogP contribution is -2.57. The van der Waals surface area contributed by atoms with Crippen molar-refractivity contribution in [3.8, 4) is 0 Å². The fraction of sp³-hybridized carbons (Fsp3) is 0.590. The molecule has 0 saturated carbocycles. The number of anilines is 1. The van der Waals surface area contributed by atoms with Crippen molar-refractivity contribution in [1.29, 1.82) is 0 Å². The third-order valence-electron chi connectivity index (χ3n) is 12.6. The molecule has 3 atom stereocenters. The summed E-state index contributed by atoms with van der Waals surface area (Å²) in [6.45, 7) is 6.18. The standard InChI is InChI=1S/C39H51N7O6/c1-25-20-26(21-33-35(25)42(3)38(49)51-33)22-34(36(47)44-18-16-43(17-19-44)31-23-29-8-9-30(24-31)41(29)2)52-39(50)45-13-11-28(12-14-45)46-15-10-27-6-4-5-7-32(27)40-37(46)48/h4-7,20-21,28-31,34H,8-19,22-24H2,1-3H3,(H,40,48)/t29?,30?,31?,34-/m1/s1. The molecular weight excluding hydrogens is 662 g/mol. The van der Waals surface area contributed by atoms with Crippen LogP contribution in [-0.2, 0) is 29.4 Å². The molecule has 278 valence electrons. The number of rotatable bonds is 6. The second-order valence-electron chi connectivity index (χ2n) is 15.5. The summed E-state index contributed by atoms with van der Waals surface area (Å²) in [5, 5.41) is 3.05. The first-order valence-electron chi connectivity index (χ1n) is 19.1. The van der Waals surface area contributed by atoms with Gasteiger partial charge in [-0.25, -0.2) is 14.4 Å². The summed E-state index contributed by atoms with van der Waals surface area (Å²) in [7, 11) is 3.93. The summed E-state index contributed by atoms with van der Waals surface area (Å²) in [5.74, 6) is -0.644. The predicted molar refractivity (Wildman–Crippen MR) is 196 cm³/mol. The van der Waals surface area contributed by atoms with Crippen molar-refractivity contribution in [3.63, 3.8) is 0 Å². The number of likely N-dealkylation sites (tertiary alicyclic amines) is 1. The predicted octanol–water partition coefficient (Wildman–Crippen LogP) is 3.81. The Morgan fingerprint density at radius 1 is 0.865 bits per heavy atom. The van der Waals surface area contributed by atoms with E-state index in [2.05, 4.69) is 22.2 Å². The largest absolute Gasteiger partial charge is 0.436 e. The van der Waals surface area contributed by atoms with Gasteiger partial charge in [0.25, 0.3) is 5.91 Å². The Hall–Kier alpha value is -4.36. The van der Waals surface area contributed by atoms with Gasteiger partial charge in [0.1, 0.15) is 0 Å². The number of ether oxygens (including phenoxy) is 1. The number of carbonyl (C=O) groups is 3. The SMILES string of the molecule is Cc1cc(C[C@@H](OC(=O)N2CCC(N3CCc4ccccc4NC3=O)CC2)C(=O)N2CCN(C3CC4CCC(C3)N4C)CC2)cc2oc(=O)n(C)c12. The van der Waals surface area contributed by atoms with Gasteiger partial charge in [-0.1, -0.05) is 24.3 Å². The molecule has 8 rings (SSSR count). The molecule has 2 bridgehead atoms. The lowest BCUT2D eigenvalue weighted by molar-refractivity contribution is -0.143. The Balaban J connectivity index is 0.935. The van der Waals surface area contributed by atoms with Crippen LogP contribution in [0.25, 0.3) is 11.1 Å². The number of urea groups is 1. The first-order valence-corrected chi connectivity index (χ1v) is 19.1. The molecule has 2 aromatic carbocycles. The van der Waals surface area contributed by atoms with E-state index in [1.165, 1.54) is 30.3 Å². The summed E-state index contributed by atoms with van der Waals surface area (Å²) >= 11 is 0. The van der Waals surface area contributed by atoms with E-state index in [9.17, 15) is 19.2 Å². The zero-order chi connectivity index (χ0) is 36.1. The van der Waals surface area contributed by atoms with E-state index in [0.717, 1.165) is 41.9 Å². The molecule has 5 aliphatic heterocycles. The van der Waals surface area contributed by atoms with Crippen molar-refractivity contribution in [2.45, 2.75) is 88.6 Å². The van der Waals surface area contributed by atoms with Gasteiger partial charge in [-0.2, -0.15) is 0 Å². The minimum Gasteiger partial charge on any atom is -0.436 e. The van der Waals surface area contributed by atoms with E-state index in [1.807, 2.05) is 47.1 Å². The summed E-state index contributed by atoms with van der Waals surface area (Å²) < 4.78 is 13.1. The van der Waals surface area contributed by atoms with E-state index >= 15 is 0 Å². The average molecular weight is 714 g/mol. The Kier molecular flexibility index (Phi) is 9.50. The number of oxazole rings is 1. The highest BCUT2D eigenvalue weighted by atomic mass is 16.6. The van der Waals surface area contributed by atoms with Gasteiger partial charge in [-0.15, -0.1) is 0 Å². The molecule has 4 amide bonds. The molecule has 4 saturated heterocycles. The number of benzene rings is 2. The number of aryl methyl sites for hydroxylation is 2. The molecule has 2 unspecified atom stereocenters. The van der Waals surface area contributed by atoms with Crippen molar-refractivity contribution in [2.75, 3.05) is 58.2 Å². The maximum atomic E-state index is 14.3. The van der Waals surface area contributed by atoms with Crippen LogP contribution in [0.2, 0.25) is 0 Å². The average Bonchev–Trinajstić information content (AvgIpc) is 3.44. The van der Waals surface area contributed by atoms with Crippen molar-refractivity contribution in [3.05, 3.63) is 63.6 Å². The lowest BCUT2D eigenvalue weighted by Gasteiger charge is -2.45. The maximum Gasteiger partial charge on any atom is 0.419 e. The normalized spacial score (nSPS) is 25.2. The lowest BCUT2D eigenvalue weighted by atomic mass is 9.96. The van der Waals surface area contributed by atoms with Gasteiger partial charge in [0.2, 0.25) is 0 Å². The number of aromatic nitrogens is 1. The van der Waals surface area contributed by atoms with E-state index < -0.39 is 18.0 Å². The van der Waals surface area contributed by atoms with Crippen LogP contribution in [0.3, 0.4) is 0 Å². The molecule has 13 nitrogen and oxygen atoms in total. The fourth-order valence-corrected chi connectivity index (χ4v) is 9.58. The number of nitrogens with zero attached hydrogens (tertiary/aromatic N) is 6. The number of amides is 4. The van der Waals surface area contributed by atoms with Gasteiger partial charge < -0.3 is 34.1 Å². The van der Waals surface area contributed by atoms with Gasteiger partial charge in [-0.3, -0.25) is 14.3 Å². The number of piperazine rings is 1. The zero-order valence-electron chi connectivity index (χ0n) is 30.6. The monoisotopic (exact) mass is 713 g/mol. The zero-order valence-corrected chi connectivity index (χ0v) is 30.6. The van der Waals surface area contributed by atoms with Gasteiger partial charge in [0.15, 0.2) is 11.7 Å². The van der Waals surface area contributed by atoms with Gasteiger partial charge in [0.05, 0.1) is 5.52 Å². The summed E-state index contributed by atoms with van der Waals surface area (Å²) in [6.07, 6.45) is 5.57. The fourth-order valence-electron chi connectivity index (χ4n) is 9.58. The van der Waals surface area contributed by atoms with E-state index in [0.29, 0.717) is 74.8 Å². The number of piperidine rings is 2. The molecule has 5 aliphatic rings. The van der Waals surface area contributed by atoms with Crippen LogP contribution in [0.15, 0.2) is 45.6 Å². The van der Waals surface area contributed by atoms with Crippen LogP contribution in [0.4, 0.5) is 15.3 Å². The van der Waals surface area contributed by atoms with Crippen LogP contribution in [0.1, 0.15) is 55.2 Å². The number of hydrogen-bond acceptors (Lipinski definition) is 8. The molecule has 6 heterocycles. The highest BCUT2D eigenvalue weighted by Crippen LogP contribution is 2.36. The topological polar surface area (TPSA) is 124 Å². The maximum absolute atomic E-state index is 14.3.